The molecule has 2 rings (SSSR count). The Hall–Kier alpha value is -1.46. The maximum Gasteiger partial charge on any atom is 0.224 e. The largest absolute Gasteiger partial charge is 0.330 e. The van der Waals surface area contributed by atoms with E-state index in [0.717, 1.165) is 35.2 Å². The molecule has 1 aromatic carbocycles. The molecule has 1 heterocycles. The first-order valence-corrected chi connectivity index (χ1v) is 7.01. The first-order chi connectivity index (χ1) is 8.79. The predicted molar refractivity (Wildman–Crippen MR) is 75.8 cm³/mol. The molecule has 0 aliphatic heterocycles. The summed E-state index contributed by atoms with van der Waals surface area (Å²) in [6, 6.07) is 5.78. The second-order valence-corrected chi connectivity index (χ2v) is 5.07. The molecule has 96 valence electrons. The fraction of sp³-hybridized carbons (Fsp3) is 0.385. The number of carbonyl (C=O) groups is 1. The molecule has 1 aromatic heterocycles. The lowest BCUT2D eigenvalue weighted by Gasteiger charge is -2.04. The van der Waals surface area contributed by atoms with Gasteiger partial charge in [-0.1, -0.05) is 6.42 Å². The summed E-state index contributed by atoms with van der Waals surface area (Å²) in [5, 5.41) is 2.91. The van der Waals surface area contributed by atoms with Crippen LogP contribution in [0.3, 0.4) is 0 Å². The van der Waals surface area contributed by atoms with Gasteiger partial charge in [-0.05, 0) is 37.6 Å². The van der Waals surface area contributed by atoms with E-state index in [2.05, 4.69) is 10.3 Å². The van der Waals surface area contributed by atoms with Crippen LogP contribution in [-0.2, 0) is 4.79 Å². The highest BCUT2D eigenvalue weighted by Gasteiger charge is 2.03. The van der Waals surface area contributed by atoms with Gasteiger partial charge in [-0.3, -0.25) is 4.79 Å². The zero-order valence-electron chi connectivity index (χ0n) is 10.2. The van der Waals surface area contributed by atoms with Gasteiger partial charge in [0.15, 0.2) is 0 Å². The third kappa shape index (κ3) is 3.51. The standard InChI is InChI=1S/C13H17N3OS/c14-7-3-1-2-4-13(17)16-10-5-6-11-12(8-10)18-9-15-11/h5-6,8-9H,1-4,7,14H2,(H,16,17). The van der Waals surface area contributed by atoms with Crippen molar-refractivity contribution in [3.63, 3.8) is 0 Å². The molecule has 0 fully saturated rings. The molecular weight excluding hydrogens is 246 g/mol. The number of nitrogens with zero attached hydrogens (tertiary/aromatic N) is 1. The molecule has 0 radical (unpaired) electrons. The van der Waals surface area contributed by atoms with Crippen LogP contribution in [-0.4, -0.2) is 17.4 Å². The number of hydrogen-bond donors (Lipinski definition) is 2. The number of carbonyl (C=O) groups excluding carboxylic acids is 1. The van der Waals surface area contributed by atoms with Crippen LogP contribution in [0.1, 0.15) is 25.7 Å². The molecule has 0 spiro atoms. The molecule has 0 atom stereocenters. The number of nitrogens with two attached hydrogens (primary N) is 1. The lowest BCUT2D eigenvalue weighted by atomic mass is 10.2. The van der Waals surface area contributed by atoms with Crippen molar-refractivity contribution in [2.45, 2.75) is 25.7 Å². The summed E-state index contributed by atoms with van der Waals surface area (Å²) in [4.78, 5) is 15.9. The Balaban J connectivity index is 1.86. The van der Waals surface area contributed by atoms with Gasteiger partial charge in [0.2, 0.25) is 5.91 Å². The summed E-state index contributed by atoms with van der Waals surface area (Å²) in [5.41, 5.74) is 9.03. The maximum absolute atomic E-state index is 11.7. The molecule has 1 amide bonds. The Morgan fingerprint density at radius 2 is 2.22 bits per heavy atom. The van der Waals surface area contributed by atoms with Gasteiger partial charge in [0.05, 0.1) is 15.7 Å². The predicted octanol–water partition coefficient (Wildman–Crippen LogP) is 2.75. The van der Waals surface area contributed by atoms with E-state index in [0.29, 0.717) is 13.0 Å². The third-order valence-corrected chi connectivity index (χ3v) is 3.51. The number of fused-ring (bicyclic) bond motifs is 1. The van der Waals surface area contributed by atoms with Gasteiger partial charge >= 0.3 is 0 Å². The number of anilines is 1. The SMILES string of the molecule is NCCCCCC(=O)Nc1ccc2ncsc2c1. The highest BCUT2D eigenvalue weighted by molar-refractivity contribution is 7.16. The zero-order valence-corrected chi connectivity index (χ0v) is 11.0. The van der Waals surface area contributed by atoms with Crippen molar-refractivity contribution in [2.75, 3.05) is 11.9 Å². The fourth-order valence-corrected chi connectivity index (χ4v) is 2.48. The highest BCUT2D eigenvalue weighted by Crippen LogP contribution is 2.21. The lowest BCUT2D eigenvalue weighted by Crippen LogP contribution is -2.11. The summed E-state index contributed by atoms with van der Waals surface area (Å²) < 4.78 is 1.09. The normalized spacial score (nSPS) is 10.7. The Labute approximate surface area is 110 Å². The molecule has 5 heteroatoms. The summed E-state index contributed by atoms with van der Waals surface area (Å²) >= 11 is 1.58. The van der Waals surface area contributed by atoms with Crippen molar-refractivity contribution in [1.82, 2.24) is 4.98 Å². The molecule has 2 aromatic rings. The molecule has 0 saturated heterocycles. The van der Waals surface area contributed by atoms with Crippen LogP contribution in [0.25, 0.3) is 10.2 Å². The number of thiazole rings is 1. The van der Waals surface area contributed by atoms with Crippen LogP contribution in [0.5, 0.6) is 0 Å². The number of rotatable bonds is 6. The Morgan fingerprint density at radius 1 is 1.33 bits per heavy atom. The van der Waals surface area contributed by atoms with Gasteiger partial charge in [0.25, 0.3) is 0 Å². The number of benzene rings is 1. The number of amides is 1. The Morgan fingerprint density at radius 3 is 3.06 bits per heavy atom. The molecule has 18 heavy (non-hydrogen) atoms. The average Bonchev–Trinajstić information content (AvgIpc) is 2.82. The molecule has 0 bridgehead atoms. The quantitative estimate of drug-likeness (QED) is 0.787. The summed E-state index contributed by atoms with van der Waals surface area (Å²) in [7, 11) is 0. The summed E-state index contributed by atoms with van der Waals surface area (Å²) in [6.07, 6.45) is 3.45. The van der Waals surface area contributed by atoms with Crippen LogP contribution in [0, 0.1) is 0 Å². The van der Waals surface area contributed by atoms with Crippen molar-refractivity contribution >= 4 is 33.1 Å². The van der Waals surface area contributed by atoms with Crippen LogP contribution < -0.4 is 11.1 Å². The lowest BCUT2D eigenvalue weighted by molar-refractivity contribution is -0.116. The van der Waals surface area contributed by atoms with Crippen LogP contribution >= 0.6 is 11.3 Å². The minimum Gasteiger partial charge on any atom is -0.330 e. The fourth-order valence-electron chi connectivity index (χ4n) is 1.76. The van der Waals surface area contributed by atoms with Crippen molar-refractivity contribution < 1.29 is 4.79 Å². The van der Waals surface area contributed by atoms with Crippen molar-refractivity contribution in [3.8, 4) is 0 Å². The number of nitrogens with one attached hydrogen (secondary N) is 1. The maximum atomic E-state index is 11.7. The van der Waals surface area contributed by atoms with Crippen LogP contribution in [0.15, 0.2) is 23.7 Å². The molecule has 3 N–H and O–H groups in total. The first-order valence-electron chi connectivity index (χ1n) is 6.13. The van der Waals surface area contributed by atoms with E-state index in [4.69, 9.17) is 5.73 Å². The van der Waals surface area contributed by atoms with Gasteiger partial charge < -0.3 is 11.1 Å². The van der Waals surface area contributed by atoms with Gasteiger partial charge in [0.1, 0.15) is 0 Å². The second kappa shape index (κ2) is 6.47. The molecular formula is C13H17N3OS. The van der Waals surface area contributed by atoms with E-state index in [-0.39, 0.29) is 5.91 Å². The number of unbranched alkanes of at least 4 members (excludes halogenated alkanes) is 2. The van der Waals surface area contributed by atoms with Crippen LogP contribution in [0.2, 0.25) is 0 Å². The van der Waals surface area contributed by atoms with Gasteiger partial charge in [-0.2, -0.15) is 0 Å². The van der Waals surface area contributed by atoms with Crippen molar-refractivity contribution in [3.05, 3.63) is 23.7 Å². The molecule has 0 aliphatic carbocycles. The van der Waals surface area contributed by atoms with E-state index in [9.17, 15) is 4.79 Å². The first kappa shape index (κ1) is 13.0. The topological polar surface area (TPSA) is 68.0 Å². The molecule has 0 saturated carbocycles. The molecule has 0 unspecified atom stereocenters. The summed E-state index contributed by atoms with van der Waals surface area (Å²) in [5.74, 6) is 0.0656. The molecule has 4 nitrogen and oxygen atoms in total. The van der Waals surface area contributed by atoms with Crippen molar-refractivity contribution in [1.29, 1.82) is 0 Å². The Kier molecular flexibility index (Phi) is 4.66. The summed E-state index contributed by atoms with van der Waals surface area (Å²) in [6.45, 7) is 0.698. The Bertz CT molecular complexity index is 524. The zero-order chi connectivity index (χ0) is 12.8. The van der Waals surface area contributed by atoms with E-state index in [1.807, 2.05) is 23.7 Å². The van der Waals surface area contributed by atoms with Gasteiger partial charge in [-0.25, -0.2) is 4.98 Å². The minimum absolute atomic E-state index is 0.0656. The highest BCUT2D eigenvalue weighted by atomic mass is 32.1. The number of aromatic nitrogens is 1. The van der Waals surface area contributed by atoms with E-state index >= 15 is 0 Å². The second-order valence-electron chi connectivity index (χ2n) is 4.18. The molecule has 0 aliphatic rings. The monoisotopic (exact) mass is 263 g/mol. The smallest absolute Gasteiger partial charge is 0.224 e. The van der Waals surface area contributed by atoms with E-state index < -0.39 is 0 Å². The van der Waals surface area contributed by atoms with Crippen molar-refractivity contribution in [2.24, 2.45) is 5.73 Å². The average molecular weight is 263 g/mol. The third-order valence-electron chi connectivity index (χ3n) is 2.72. The van der Waals surface area contributed by atoms with Crippen LogP contribution in [0.4, 0.5) is 5.69 Å². The van der Waals surface area contributed by atoms with Gasteiger partial charge in [-0.15, -0.1) is 11.3 Å². The van der Waals surface area contributed by atoms with Gasteiger partial charge in [0, 0.05) is 12.1 Å². The number of hydrogen-bond acceptors (Lipinski definition) is 4. The minimum atomic E-state index is 0.0656. The van der Waals surface area contributed by atoms with E-state index in [1.165, 1.54) is 0 Å². The van der Waals surface area contributed by atoms with E-state index in [1.54, 1.807) is 11.3 Å².